The Bertz CT molecular complexity index is 840. The molecule has 3 atom stereocenters. The molecule has 25 heavy (non-hydrogen) atoms. The first kappa shape index (κ1) is 15.6. The van der Waals surface area contributed by atoms with Crippen molar-refractivity contribution in [2.75, 3.05) is 12.4 Å². The summed E-state index contributed by atoms with van der Waals surface area (Å²) in [5.74, 6) is -0.379. The second-order valence-corrected chi connectivity index (χ2v) is 6.42. The predicted octanol–water partition coefficient (Wildman–Crippen LogP) is 2.64. The van der Waals surface area contributed by atoms with Crippen molar-refractivity contribution in [3.63, 3.8) is 0 Å². The molecule has 1 saturated carbocycles. The zero-order chi connectivity index (χ0) is 17.4. The van der Waals surface area contributed by atoms with E-state index in [9.17, 15) is 9.18 Å². The Balaban J connectivity index is 1.66. The number of hydrogen-bond acceptors (Lipinski definition) is 4. The number of aliphatic imine (C=N–C) groups is 1. The Morgan fingerprint density at radius 3 is 2.80 bits per heavy atom. The third-order valence-corrected chi connectivity index (χ3v) is 4.76. The van der Waals surface area contributed by atoms with Crippen LogP contribution in [0.4, 0.5) is 10.1 Å². The highest BCUT2D eigenvalue weighted by Crippen LogP contribution is 2.53. The maximum Gasteiger partial charge on any atom is 0.292 e. The normalized spacial score (nSPS) is 26.8. The number of ether oxygens (including phenoxy) is 1. The molecule has 3 N–H and O–H groups in total. The highest BCUT2D eigenvalue weighted by Gasteiger charge is 2.59. The molecule has 2 aliphatic rings. The lowest BCUT2D eigenvalue weighted by Crippen LogP contribution is -2.43. The average Bonchev–Trinajstić information content (AvgIpc) is 3.41. The number of alkyl halides is 1. The number of halogens is 1. The van der Waals surface area contributed by atoms with Crippen LogP contribution in [-0.2, 0) is 10.3 Å². The summed E-state index contributed by atoms with van der Waals surface area (Å²) in [5.41, 5.74) is 6.55. The Morgan fingerprint density at radius 1 is 1.28 bits per heavy atom. The third kappa shape index (κ3) is 2.73. The third-order valence-electron chi connectivity index (χ3n) is 4.76. The highest BCUT2D eigenvalue weighted by atomic mass is 19.1. The lowest BCUT2D eigenvalue weighted by molar-refractivity contribution is 0.0951. The number of amidine groups is 1. The molecule has 1 aliphatic heterocycles. The van der Waals surface area contributed by atoms with Crippen LogP contribution < -0.4 is 11.1 Å². The van der Waals surface area contributed by atoms with Gasteiger partial charge in [-0.3, -0.25) is 10.1 Å². The smallest absolute Gasteiger partial charge is 0.292 e. The van der Waals surface area contributed by atoms with Gasteiger partial charge in [0.15, 0.2) is 0 Å². The van der Waals surface area contributed by atoms with Gasteiger partial charge in [-0.1, -0.05) is 30.3 Å². The SMILES string of the molecule is Nc1cccc(C2(CF)N=C(NC(=O)c3ccccc3)O[C@@H]3CC32)c1. The van der Waals surface area contributed by atoms with Crippen LogP contribution in [0.15, 0.2) is 59.6 Å². The van der Waals surface area contributed by atoms with Crippen LogP contribution in [0.1, 0.15) is 22.3 Å². The van der Waals surface area contributed by atoms with E-state index in [0.29, 0.717) is 23.2 Å². The van der Waals surface area contributed by atoms with E-state index in [2.05, 4.69) is 10.3 Å². The minimum atomic E-state index is -1.06. The fraction of sp³-hybridized carbons (Fsp3) is 0.263. The van der Waals surface area contributed by atoms with Crippen molar-refractivity contribution in [2.45, 2.75) is 18.1 Å². The van der Waals surface area contributed by atoms with E-state index >= 15 is 0 Å². The molecule has 5 nitrogen and oxygen atoms in total. The minimum absolute atomic E-state index is 0.0447. The largest absolute Gasteiger partial charge is 0.461 e. The van der Waals surface area contributed by atoms with Gasteiger partial charge in [0.25, 0.3) is 11.9 Å². The maximum absolute atomic E-state index is 14.1. The predicted molar refractivity (Wildman–Crippen MR) is 92.8 cm³/mol. The van der Waals surface area contributed by atoms with Crippen LogP contribution in [0.3, 0.4) is 0 Å². The van der Waals surface area contributed by atoms with Crippen LogP contribution in [0.25, 0.3) is 0 Å². The van der Waals surface area contributed by atoms with Crippen LogP contribution in [0.5, 0.6) is 0 Å². The van der Waals surface area contributed by atoms with Crippen molar-refractivity contribution in [3.05, 3.63) is 65.7 Å². The number of amides is 1. The van der Waals surface area contributed by atoms with Gasteiger partial charge in [-0.15, -0.1) is 0 Å². The van der Waals surface area contributed by atoms with Gasteiger partial charge in [-0.05, 0) is 36.2 Å². The maximum atomic E-state index is 14.1. The number of carbonyl (C=O) groups is 1. The molecule has 6 heteroatoms. The number of fused-ring (bicyclic) bond motifs is 1. The summed E-state index contributed by atoms with van der Waals surface area (Å²) >= 11 is 0. The van der Waals surface area contributed by atoms with E-state index in [1.54, 1.807) is 42.5 Å². The first-order valence-corrected chi connectivity index (χ1v) is 8.17. The van der Waals surface area contributed by atoms with Gasteiger partial charge in [0.05, 0.1) is 0 Å². The molecule has 2 unspecified atom stereocenters. The summed E-state index contributed by atoms with van der Waals surface area (Å²) in [7, 11) is 0. The minimum Gasteiger partial charge on any atom is -0.461 e. The molecule has 4 rings (SSSR count). The summed E-state index contributed by atoms with van der Waals surface area (Å²) in [6, 6.07) is 15.9. The summed E-state index contributed by atoms with van der Waals surface area (Å²) < 4.78 is 19.8. The summed E-state index contributed by atoms with van der Waals surface area (Å²) in [4.78, 5) is 16.8. The lowest BCUT2D eigenvalue weighted by atomic mass is 9.86. The number of hydrogen-bond donors (Lipinski definition) is 2. The number of rotatable bonds is 3. The highest BCUT2D eigenvalue weighted by molar-refractivity contribution is 6.04. The first-order valence-electron chi connectivity index (χ1n) is 8.17. The Hall–Kier alpha value is -2.89. The van der Waals surface area contributed by atoms with Crippen LogP contribution >= 0.6 is 0 Å². The van der Waals surface area contributed by atoms with Crippen LogP contribution in [0.2, 0.25) is 0 Å². The Labute approximate surface area is 144 Å². The number of anilines is 1. The van der Waals surface area contributed by atoms with E-state index < -0.39 is 12.2 Å². The van der Waals surface area contributed by atoms with E-state index in [4.69, 9.17) is 10.5 Å². The van der Waals surface area contributed by atoms with Gasteiger partial charge in [-0.25, -0.2) is 9.38 Å². The van der Waals surface area contributed by atoms with Gasteiger partial charge >= 0.3 is 0 Å². The average molecular weight is 339 g/mol. The number of nitrogen functional groups attached to an aromatic ring is 1. The number of nitrogens with two attached hydrogens (primary N) is 1. The molecule has 128 valence electrons. The van der Waals surface area contributed by atoms with Crippen molar-refractivity contribution in [2.24, 2.45) is 10.9 Å². The Morgan fingerprint density at radius 2 is 2.08 bits per heavy atom. The molecule has 2 aromatic rings. The molecule has 0 saturated heterocycles. The van der Waals surface area contributed by atoms with Crippen molar-refractivity contribution in [3.8, 4) is 0 Å². The van der Waals surface area contributed by atoms with Crippen molar-refractivity contribution in [1.29, 1.82) is 0 Å². The quantitative estimate of drug-likeness (QED) is 0.844. The van der Waals surface area contributed by atoms with E-state index in [1.807, 2.05) is 12.1 Å². The van der Waals surface area contributed by atoms with Gasteiger partial charge in [-0.2, -0.15) is 0 Å². The van der Waals surface area contributed by atoms with Gasteiger partial charge in [0, 0.05) is 17.2 Å². The number of benzene rings is 2. The zero-order valence-electron chi connectivity index (χ0n) is 13.5. The summed E-state index contributed by atoms with van der Waals surface area (Å²) in [6.07, 6.45) is 0.563. The van der Waals surface area contributed by atoms with E-state index in [1.165, 1.54) is 0 Å². The van der Waals surface area contributed by atoms with E-state index in [-0.39, 0.29) is 24.0 Å². The molecule has 1 aliphatic carbocycles. The fourth-order valence-corrected chi connectivity index (χ4v) is 3.35. The van der Waals surface area contributed by atoms with Crippen LogP contribution in [-0.4, -0.2) is 24.7 Å². The van der Waals surface area contributed by atoms with Gasteiger partial charge in [0.1, 0.15) is 18.3 Å². The van der Waals surface area contributed by atoms with Crippen LogP contribution in [0, 0.1) is 5.92 Å². The monoisotopic (exact) mass is 339 g/mol. The standard InChI is InChI=1S/C19H18FN3O2/c20-11-19(13-7-4-8-14(21)9-13)15-10-16(15)25-18(23-19)22-17(24)12-5-2-1-3-6-12/h1-9,15-16H,10-11,21H2,(H,22,23,24)/t15?,16-,19?/m1/s1. The zero-order valence-corrected chi connectivity index (χ0v) is 13.5. The molecule has 0 bridgehead atoms. The fourth-order valence-electron chi connectivity index (χ4n) is 3.35. The van der Waals surface area contributed by atoms with Gasteiger partial charge in [0.2, 0.25) is 0 Å². The molecule has 1 heterocycles. The number of carbonyl (C=O) groups excluding carboxylic acids is 1. The summed E-state index contributed by atoms with van der Waals surface area (Å²) in [5, 5.41) is 2.66. The molecule has 2 aromatic carbocycles. The summed E-state index contributed by atoms with van der Waals surface area (Å²) in [6.45, 7) is -0.675. The number of nitrogens with one attached hydrogen (secondary N) is 1. The Kier molecular flexibility index (Phi) is 3.67. The topological polar surface area (TPSA) is 76.7 Å². The molecule has 0 aromatic heterocycles. The molecule has 0 spiro atoms. The van der Waals surface area contributed by atoms with Crippen molar-refractivity contribution >= 4 is 17.6 Å². The number of nitrogens with zero attached hydrogens (tertiary/aromatic N) is 1. The molecule has 1 amide bonds. The van der Waals surface area contributed by atoms with Crippen molar-refractivity contribution in [1.82, 2.24) is 5.32 Å². The molecular formula is C19H18FN3O2. The van der Waals surface area contributed by atoms with Gasteiger partial charge < -0.3 is 10.5 Å². The first-order chi connectivity index (χ1) is 12.1. The molecule has 0 radical (unpaired) electrons. The second kappa shape index (κ2) is 5.88. The van der Waals surface area contributed by atoms with Crippen molar-refractivity contribution < 1.29 is 13.9 Å². The second-order valence-electron chi connectivity index (χ2n) is 6.42. The molecule has 1 fully saturated rings. The molecular weight excluding hydrogens is 321 g/mol. The van der Waals surface area contributed by atoms with E-state index in [0.717, 1.165) is 0 Å². The lowest BCUT2D eigenvalue weighted by Gasteiger charge is -2.32.